The monoisotopic (exact) mass is 410 g/mol. The Labute approximate surface area is 175 Å². The number of nitrogen functional groups attached to an aromatic ring is 1. The van der Waals surface area contributed by atoms with E-state index in [4.69, 9.17) is 15.2 Å². The standard InChI is InChI=1S/C22H26N4O4/c1-29-14-15-2-4-16(5-3-15)21(27)26-7-6-19-17(13-26)12-18(20(23)24-19)22(28)25-8-10-30-11-9-25/h2-5,12H,6-11,13-14H2,1H3,(H2,23,24). The molecule has 4 rings (SSSR count). The topological polar surface area (TPSA) is 98.0 Å². The number of aromatic nitrogens is 1. The molecule has 2 amide bonds. The van der Waals surface area contributed by atoms with Gasteiger partial charge in [-0.1, -0.05) is 12.1 Å². The fourth-order valence-corrected chi connectivity index (χ4v) is 3.86. The zero-order valence-corrected chi connectivity index (χ0v) is 17.1. The average Bonchev–Trinajstić information content (AvgIpc) is 2.79. The number of hydrogen-bond donors (Lipinski definition) is 1. The van der Waals surface area contributed by atoms with Gasteiger partial charge in [-0.3, -0.25) is 9.59 Å². The molecule has 1 fully saturated rings. The minimum atomic E-state index is -0.136. The number of benzene rings is 1. The van der Waals surface area contributed by atoms with Crippen LogP contribution in [0, 0.1) is 0 Å². The Kier molecular flexibility index (Phi) is 5.96. The van der Waals surface area contributed by atoms with Crippen molar-refractivity contribution in [2.75, 3.05) is 45.7 Å². The molecule has 0 unspecified atom stereocenters. The van der Waals surface area contributed by atoms with Gasteiger partial charge in [0, 0.05) is 51.0 Å². The molecule has 158 valence electrons. The van der Waals surface area contributed by atoms with Gasteiger partial charge in [0.25, 0.3) is 11.8 Å². The Morgan fingerprint density at radius 2 is 1.83 bits per heavy atom. The summed E-state index contributed by atoms with van der Waals surface area (Å²) in [7, 11) is 1.64. The van der Waals surface area contributed by atoms with Crippen LogP contribution in [0.15, 0.2) is 30.3 Å². The number of carbonyl (C=O) groups excluding carboxylic acids is 2. The molecular formula is C22H26N4O4. The van der Waals surface area contributed by atoms with Crippen LogP contribution >= 0.6 is 0 Å². The first-order chi connectivity index (χ1) is 14.6. The van der Waals surface area contributed by atoms with Gasteiger partial charge in [0.15, 0.2) is 0 Å². The van der Waals surface area contributed by atoms with Crippen molar-refractivity contribution in [3.05, 3.63) is 58.3 Å². The summed E-state index contributed by atoms with van der Waals surface area (Å²) in [6.45, 7) is 3.61. The van der Waals surface area contributed by atoms with E-state index in [1.807, 2.05) is 24.3 Å². The van der Waals surface area contributed by atoms with E-state index in [1.165, 1.54) is 0 Å². The summed E-state index contributed by atoms with van der Waals surface area (Å²) in [6, 6.07) is 9.24. The molecule has 1 aromatic heterocycles. The minimum absolute atomic E-state index is 0.0394. The van der Waals surface area contributed by atoms with E-state index < -0.39 is 0 Å². The van der Waals surface area contributed by atoms with Gasteiger partial charge in [-0.05, 0) is 29.3 Å². The number of nitrogens with zero attached hydrogens (tertiary/aromatic N) is 3. The summed E-state index contributed by atoms with van der Waals surface area (Å²) >= 11 is 0. The first-order valence-corrected chi connectivity index (χ1v) is 10.1. The Morgan fingerprint density at radius 3 is 2.53 bits per heavy atom. The number of pyridine rings is 1. The van der Waals surface area contributed by atoms with E-state index in [0.29, 0.717) is 63.5 Å². The molecule has 0 saturated carbocycles. The van der Waals surface area contributed by atoms with E-state index in [-0.39, 0.29) is 17.6 Å². The van der Waals surface area contributed by atoms with E-state index in [2.05, 4.69) is 4.98 Å². The van der Waals surface area contributed by atoms with Gasteiger partial charge in [-0.2, -0.15) is 0 Å². The number of morpholine rings is 1. The molecule has 2 aliphatic rings. The molecule has 0 radical (unpaired) electrons. The minimum Gasteiger partial charge on any atom is -0.383 e. The second kappa shape index (κ2) is 8.81. The summed E-state index contributed by atoms with van der Waals surface area (Å²) in [6.07, 6.45) is 0.610. The maximum absolute atomic E-state index is 13.0. The third-order valence-corrected chi connectivity index (χ3v) is 5.53. The molecule has 1 saturated heterocycles. The van der Waals surface area contributed by atoms with Crippen molar-refractivity contribution in [1.29, 1.82) is 0 Å². The third kappa shape index (κ3) is 4.15. The molecule has 30 heavy (non-hydrogen) atoms. The molecule has 0 spiro atoms. The molecule has 8 heteroatoms. The van der Waals surface area contributed by atoms with Crippen LogP contribution in [-0.4, -0.2) is 66.6 Å². The van der Waals surface area contributed by atoms with Gasteiger partial charge >= 0.3 is 0 Å². The molecule has 0 aliphatic carbocycles. The normalized spacial score (nSPS) is 16.3. The lowest BCUT2D eigenvalue weighted by Gasteiger charge is -2.30. The number of ether oxygens (including phenoxy) is 2. The van der Waals surface area contributed by atoms with Crippen LogP contribution in [0.1, 0.15) is 37.5 Å². The molecule has 2 aliphatic heterocycles. The van der Waals surface area contributed by atoms with Crippen molar-refractivity contribution in [1.82, 2.24) is 14.8 Å². The fraction of sp³-hybridized carbons (Fsp3) is 0.409. The van der Waals surface area contributed by atoms with Crippen molar-refractivity contribution in [3.8, 4) is 0 Å². The number of anilines is 1. The van der Waals surface area contributed by atoms with Gasteiger partial charge in [-0.25, -0.2) is 4.98 Å². The first kappa shape index (κ1) is 20.3. The highest BCUT2D eigenvalue weighted by atomic mass is 16.5. The van der Waals surface area contributed by atoms with Crippen LogP contribution in [0.25, 0.3) is 0 Å². The maximum Gasteiger partial charge on any atom is 0.257 e. The van der Waals surface area contributed by atoms with Crippen LogP contribution < -0.4 is 5.73 Å². The predicted octanol–water partition coefficient (Wildman–Crippen LogP) is 1.48. The van der Waals surface area contributed by atoms with Crippen molar-refractivity contribution >= 4 is 17.6 Å². The zero-order valence-electron chi connectivity index (χ0n) is 17.1. The predicted molar refractivity (Wildman–Crippen MR) is 111 cm³/mol. The third-order valence-electron chi connectivity index (χ3n) is 5.53. The van der Waals surface area contributed by atoms with E-state index in [1.54, 1.807) is 23.0 Å². The van der Waals surface area contributed by atoms with Gasteiger partial charge in [0.2, 0.25) is 0 Å². The lowest BCUT2D eigenvalue weighted by atomic mass is 10.0. The average molecular weight is 410 g/mol. The highest BCUT2D eigenvalue weighted by Crippen LogP contribution is 2.24. The summed E-state index contributed by atoms with van der Waals surface area (Å²) in [5, 5.41) is 0. The highest BCUT2D eigenvalue weighted by molar-refractivity contribution is 5.99. The lowest BCUT2D eigenvalue weighted by Crippen LogP contribution is -2.41. The summed E-state index contributed by atoms with van der Waals surface area (Å²) in [4.78, 5) is 33.9. The SMILES string of the molecule is COCc1ccc(C(=O)N2CCc3nc(N)c(C(=O)N4CCOCC4)cc3C2)cc1. The molecule has 0 bridgehead atoms. The number of nitrogens with two attached hydrogens (primary N) is 1. The van der Waals surface area contributed by atoms with Crippen molar-refractivity contribution in [2.24, 2.45) is 0 Å². The van der Waals surface area contributed by atoms with Crippen molar-refractivity contribution in [2.45, 2.75) is 19.6 Å². The first-order valence-electron chi connectivity index (χ1n) is 10.1. The second-order valence-electron chi connectivity index (χ2n) is 7.54. The van der Waals surface area contributed by atoms with Gasteiger partial charge in [-0.15, -0.1) is 0 Å². The number of carbonyl (C=O) groups is 2. The summed E-state index contributed by atoms with van der Waals surface area (Å²) in [5.41, 5.74) is 9.87. The number of amides is 2. The highest BCUT2D eigenvalue weighted by Gasteiger charge is 2.27. The van der Waals surface area contributed by atoms with Gasteiger partial charge in [0.1, 0.15) is 5.82 Å². The summed E-state index contributed by atoms with van der Waals surface area (Å²) in [5.74, 6) is 0.0736. The van der Waals surface area contributed by atoms with E-state index >= 15 is 0 Å². The quantitative estimate of drug-likeness (QED) is 0.820. The smallest absolute Gasteiger partial charge is 0.257 e. The fourth-order valence-electron chi connectivity index (χ4n) is 3.86. The molecule has 0 atom stereocenters. The number of fused-ring (bicyclic) bond motifs is 1. The van der Waals surface area contributed by atoms with Crippen molar-refractivity contribution < 1.29 is 19.1 Å². The van der Waals surface area contributed by atoms with Crippen LogP contribution in [-0.2, 0) is 29.0 Å². The molecule has 3 heterocycles. The molecule has 8 nitrogen and oxygen atoms in total. The van der Waals surface area contributed by atoms with Crippen LogP contribution in [0.3, 0.4) is 0 Å². The Morgan fingerprint density at radius 1 is 1.10 bits per heavy atom. The second-order valence-corrected chi connectivity index (χ2v) is 7.54. The van der Waals surface area contributed by atoms with E-state index in [0.717, 1.165) is 16.8 Å². The summed E-state index contributed by atoms with van der Waals surface area (Å²) < 4.78 is 10.4. The van der Waals surface area contributed by atoms with Gasteiger partial charge in [0.05, 0.1) is 25.4 Å². The molecule has 2 N–H and O–H groups in total. The largest absolute Gasteiger partial charge is 0.383 e. The number of rotatable bonds is 4. The molecule has 1 aromatic carbocycles. The zero-order chi connectivity index (χ0) is 21.1. The van der Waals surface area contributed by atoms with Crippen molar-refractivity contribution in [3.63, 3.8) is 0 Å². The Balaban J connectivity index is 1.52. The van der Waals surface area contributed by atoms with Crippen LogP contribution in [0.5, 0.6) is 0 Å². The number of hydrogen-bond acceptors (Lipinski definition) is 6. The van der Waals surface area contributed by atoms with Crippen LogP contribution in [0.2, 0.25) is 0 Å². The van der Waals surface area contributed by atoms with E-state index in [9.17, 15) is 9.59 Å². The van der Waals surface area contributed by atoms with Crippen LogP contribution in [0.4, 0.5) is 5.82 Å². The molecule has 2 aromatic rings. The Bertz CT molecular complexity index is 939. The lowest BCUT2D eigenvalue weighted by molar-refractivity contribution is 0.0303. The number of methoxy groups -OCH3 is 1. The maximum atomic E-state index is 13.0. The Hall–Kier alpha value is -2.97. The van der Waals surface area contributed by atoms with Gasteiger partial charge < -0.3 is 25.0 Å². The molecular weight excluding hydrogens is 384 g/mol.